The second-order valence-electron chi connectivity index (χ2n) is 7.83. The smallest absolute Gasteiger partial charge is 0.240 e. The van der Waals surface area contributed by atoms with Crippen LogP contribution >= 0.6 is 36.6 Å². The number of hydrogen-bond donors (Lipinski definition) is 1. The second-order valence-corrected chi connectivity index (χ2v) is 9.29. The Morgan fingerprint density at radius 3 is 2.26 bits per heavy atom. The van der Waals surface area contributed by atoms with Gasteiger partial charge in [-0.15, -0.1) is 24.8 Å². The summed E-state index contributed by atoms with van der Waals surface area (Å²) in [7, 11) is 0. The van der Waals surface area contributed by atoms with Crippen molar-refractivity contribution in [3.05, 3.63) is 35.4 Å². The van der Waals surface area contributed by atoms with Crippen molar-refractivity contribution < 1.29 is 4.79 Å². The number of carbonyl (C=O) groups excluding carboxylic acids is 1. The van der Waals surface area contributed by atoms with Gasteiger partial charge in [0, 0.05) is 37.0 Å². The molecule has 27 heavy (non-hydrogen) atoms. The van der Waals surface area contributed by atoms with Gasteiger partial charge in [-0.25, -0.2) is 0 Å². The average molecular weight is 434 g/mol. The fourth-order valence-electron chi connectivity index (χ4n) is 3.94. The van der Waals surface area contributed by atoms with Gasteiger partial charge in [-0.05, 0) is 50.5 Å². The van der Waals surface area contributed by atoms with E-state index < -0.39 is 6.04 Å². The quantitative estimate of drug-likeness (QED) is 0.792. The van der Waals surface area contributed by atoms with E-state index in [1.165, 1.54) is 11.1 Å². The summed E-state index contributed by atoms with van der Waals surface area (Å²) < 4.78 is -0.226. The molecule has 0 saturated carbocycles. The minimum absolute atomic E-state index is 0. The maximum atomic E-state index is 12.8. The number of nitrogens with zero attached hydrogens (tertiary/aromatic N) is 2. The van der Waals surface area contributed by atoms with Gasteiger partial charge in [0.1, 0.15) is 0 Å². The molecule has 0 radical (unpaired) electrons. The third-order valence-corrected chi connectivity index (χ3v) is 7.24. The molecule has 2 aliphatic rings. The summed E-state index contributed by atoms with van der Waals surface area (Å²) >= 11 is 1.66. The van der Waals surface area contributed by atoms with Gasteiger partial charge in [0.2, 0.25) is 5.91 Å². The maximum absolute atomic E-state index is 12.8. The Bertz CT molecular complexity index is 604. The van der Waals surface area contributed by atoms with Crippen LogP contribution in [0.5, 0.6) is 0 Å². The summed E-state index contributed by atoms with van der Waals surface area (Å²) in [4.78, 5) is 17.4. The first-order valence-electron chi connectivity index (χ1n) is 9.32. The zero-order chi connectivity index (χ0) is 18.0. The molecule has 3 rings (SSSR count). The van der Waals surface area contributed by atoms with Crippen LogP contribution in [0.3, 0.4) is 0 Å². The first-order chi connectivity index (χ1) is 11.9. The monoisotopic (exact) mass is 433 g/mol. The molecule has 1 aliphatic heterocycles. The maximum Gasteiger partial charge on any atom is 0.240 e. The van der Waals surface area contributed by atoms with Crippen molar-refractivity contribution in [2.75, 3.05) is 32.4 Å². The molecule has 0 bridgehead atoms. The number of benzene rings is 1. The number of carbonyl (C=O) groups is 1. The average Bonchev–Trinajstić information content (AvgIpc) is 2.89. The molecule has 1 heterocycles. The van der Waals surface area contributed by atoms with Gasteiger partial charge in [-0.1, -0.05) is 24.3 Å². The lowest BCUT2D eigenvalue weighted by molar-refractivity contribution is -0.133. The standard InChI is InChI=1S/C20H31N3OS.2ClH/c1-20(2,25-3)18(21)19(24)23-10-6-9-22(11-12-23)17-13-15-7-4-5-8-16(15)14-17;;/h4-5,7-8,17-18H,6,9-14,21H2,1-3H3;2*1H/t18-;;/m1../s1. The molecule has 1 saturated heterocycles. The zero-order valence-electron chi connectivity index (χ0n) is 16.5. The molecule has 0 spiro atoms. The van der Waals surface area contributed by atoms with Crippen LogP contribution in [0.2, 0.25) is 0 Å². The summed E-state index contributed by atoms with van der Waals surface area (Å²) in [5, 5.41) is 0. The summed E-state index contributed by atoms with van der Waals surface area (Å²) in [5.41, 5.74) is 9.26. The second kappa shape index (κ2) is 10.4. The fraction of sp³-hybridized carbons (Fsp3) is 0.650. The molecule has 1 fully saturated rings. The first kappa shape index (κ1) is 24.6. The van der Waals surface area contributed by atoms with Gasteiger partial charge in [0.25, 0.3) is 0 Å². The highest BCUT2D eigenvalue weighted by molar-refractivity contribution is 8.00. The molecule has 0 unspecified atom stereocenters. The van der Waals surface area contributed by atoms with E-state index in [2.05, 4.69) is 43.0 Å². The molecule has 1 aliphatic carbocycles. The van der Waals surface area contributed by atoms with E-state index in [9.17, 15) is 4.79 Å². The SMILES string of the molecule is CSC(C)(C)[C@H](N)C(=O)N1CCCN(C2Cc3ccccc3C2)CC1.Cl.Cl. The van der Waals surface area contributed by atoms with Crippen LogP contribution in [0.4, 0.5) is 0 Å². The van der Waals surface area contributed by atoms with Crippen molar-refractivity contribution in [2.24, 2.45) is 5.73 Å². The Kier molecular flexibility index (Phi) is 9.43. The molecule has 2 N–H and O–H groups in total. The summed E-state index contributed by atoms with van der Waals surface area (Å²) in [5.74, 6) is 0.107. The molecular weight excluding hydrogens is 401 g/mol. The Morgan fingerprint density at radius 2 is 1.70 bits per heavy atom. The van der Waals surface area contributed by atoms with Crippen LogP contribution in [-0.2, 0) is 17.6 Å². The normalized spacial score (nSPS) is 19.5. The van der Waals surface area contributed by atoms with E-state index in [0.717, 1.165) is 45.4 Å². The number of hydrogen-bond acceptors (Lipinski definition) is 4. The summed E-state index contributed by atoms with van der Waals surface area (Å²) in [6, 6.07) is 8.94. The third kappa shape index (κ3) is 5.54. The van der Waals surface area contributed by atoms with Crippen LogP contribution in [0.15, 0.2) is 24.3 Å². The van der Waals surface area contributed by atoms with Gasteiger partial charge in [-0.2, -0.15) is 11.8 Å². The van der Waals surface area contributed by atoms with Crippen LogP contribution in [-0.4, -0.2) is 65.0 Å². The molecule has 1 aromatic carbocycles. The molecule has 4 nitrogen and oxygen atoms in total. The minimum Gasteiger partial charge on any atom is -0.340 e. The number of fused-ring (bicyclic) bond motifs is 1. The van der Waals surface area contributed by atoms with Gasteiger partial charge < -0.3 is 10.6 Å². The zero-order valence-corrected chi connectivity index (χ0v) is 19.0. The first-order valence-corrected chi connectivity index (χ1v) is 10.5. The predicted molar refractivity (Wildman–Crippen MR) is 120 cm³/mol. The fourth-order valence-corrected chi connectivity index (χ4v) is 4.29. The summed E-state index contributed by atoms with van der Waals surface area (Å²) in [6.07, 6.45) is 5.34. The van der Waals surface area contributed by atoms with Crippen molar-refractivity contribution in [1.29, 1.82) is 0 Å². The van der Waals surface area contributed by atoms with Crippen LogP contribution in [0.1, 0.15) is 31.4 Å². The topological polar surface area (TPSA) is 49.6 Å². The van der Waals surface area contributed by atoms with Gasteiger partial charge in [-0.3, -0.25) is 9.69 Å². The van der Waals surface area contributed by atoms with Gasteiger partial charge >= 0.3 is 0 Å². The van der Waals surface area contributed by atoms with Gasteiger partial charge in [0.15, 0.2) is 0 Å². The highest BCUT2D eigenvalue weighted by Crippen LogP contribution is 2.27. The van der Waals surface area contributed by atoms with E-state index in [1.54, 1.807) is 11.8 Å². The van der Waals surface area contributed by atoms with E-state index in [0.29, 0.717) is 6.04 Å². The molecule has 1 aromatic rings. The Balaban J connectivity index is 0.00000182. The van der Waals surface area contributed by atoms with Crippen molar-refractivity contribution in [3.63, 3.8) is 0 Å². The lowest BCUT2D eigenvalue weighted by atomic mass is 10.0. The van der Waals surface area contributed by atoms with Crippen LogP contribution < -0.4 is 5.73 Å². The van der Waals surface area contributed by atoms with Crippen molar-refractivity contribution in [3.8, 4) is 0 Å². The molecular formula is C20H33Cl2N3OS. The third-order valence-electron chi connectivity index (χ3n) is 5.93. The van der Waals surface area contributed by atoms with Crippen molar-refractivity contribution >= 4 is 42.5 Å². The highest BCUT2D eigenvalue weighted by Gasteiger charge is 2.35. The van der Waals surface area contributed by atoms with E-state index in [4.69, 9.17) is 5.73 Å². The Hall–Kier alpha value is -0.460. The lowest BCUT2D eigenvalue weighted by Gasteiger charge is -2.33. The van der Waals surface area contributed by atoms with Crippen molar-refractivity contribution in [2.45, 2.75) is 49.9 Å². The van der Waals surface area contributed by atoms with E-state index in [1.807, 2.05) is 11.2 Å². The molecule has 154 valence electrons. The number of nitrogens with two attached hydrogens (primary N) is 1. The Morgan fingerprint density at radius 1 is 1.11 bits per heavy atom. The largest absolute Gasteiger partial charge is 0.340 e. The van der Waals surface area contributed by atoms with E-state index in [-0.39, 0.29) is 35.5 Å². The minimum atomic E-state index is -0.440. The number of rotatable bonds is 4. The van der Waals surface area contributed by atoms with Crippen LogP contribution in [0, 0.1) is 0 Å². The van der Waals surface area contributed by atoms with Crippen molar-refractivity contribution in [1.82, 2.24) is 9.80 Å². The Labute approximate surface area is 180 Å². The highest BCUT2D eigenvalue weighted by atomic mass is 35.5. The number of halogens is 2. The molecule has 0 aromatic heterocycles. The molecule has 1 atom stereocenters. The number of thioether (sulfide) groups is 1. The molecule has 7 heteroatoms. The molecule has 1 amide bonds. The predicted octanol–water partition coefficient (Wildman–Crippen LogP) is 3.00. The van der Waals surface area contributed by atoms with Gasteiger partial charge in [0.05, 0.1) is 6.04 Å². The summed E-state index contributed by atoms with van der Waals surface area (Å²) in [6.45, 7) is 7.76. The van der Waals surface area contributed by atoms with Crippen LogP contribution in [0.25, 0.3) is 0 Å². The van der Waals surface area contributed by atoms with E-state index >= 15 is 0 Å². The number of amides is 1. The lowest BCUT2D eigenvalue weighted by Crippen LogP contribution is -2.54.